The first-order chi connectivity index (χ1) is 11.8. The molecule has 140 valence electrons. The summed E-state index contributed by atoms with van der Waals surface area (Å²) in [5, 5.41) is 8.33. The zero-order valence-electron chi connectivity index (χ0n) is 14.7. The van der Waals surface area contributed by atoms with E-state index in [-0.39, 0.29) is 23.3 Å². The summed E-state index contributed by atoms with van der Waals surface area (Å²) in [5.74, 6) is 2.42. The Morgan fingerprint density at radius 2 is 2.00 bits per heavy atom. The molecule has 2 aliphatic heterocycles. The predicted octanol–water partition coefficient (Wildman–Crippen LogP) is 1.64. The van der Waals surface area contributed by atoms with Gasteiger partial charge in [-0.05, 0) is 30.6 Å². The third kappa shape index (κ3) is 5.20. The first kappa shape index (κ1) is 18.7. The lowest BCUT2D eigenvalue weighted by atomic mass is 9.92. The quantitative estimate of drug-likeness (QED) is 0.709. The molecular formula is C16H25N3O4S2. The molecule has 1 amide bonds. The number of nitrogens with zero attached hydrogens (tertiary/aromatic N) is 3. The maximum Gasteiger partial charge on any atom is 0.277 e. The Bertz CT molecular complexity index is 709. The minimum Gasteiger partial charge on any atom is -0.416 e. The van der Waals surface area contributed by atoms with E-state index < -0.39 is 9.84 Å². The smallest absolute Gasteiger partial charge is 0.277 e. The highest BCUT2D eigenvalue weighted by Crippen LogP contribution is 2.25. The zero-order chi connectivity index (χ0) is 18.0. The number of thioether (sulfide) groups is 1. The molecular weight excluding hydrogens is 362 g/mol. The Labute approximate surface area is 152 Å². The molecule has 7 nitrogen and oxygen atoms in total. The van der Waals surface area contributed by atoms with Crippen LogP contribution < -0.4 is 0 Å². The lowest BCUT2D eigenvalue weighted by Crippen LogP contribution is -2.43. The van der Waals surface area contributed by atoms with E-state index in [0.29, 0.717) is 41.5 Å². The fourth-order valence-electron chi connectivity index (χ4n) is 3.74. The molecule has 2 aliphatic rings. The van der Waals surface area contributed by atoms with Gasteiger partial charge < -0.3 is 9.32 Å². The van der Waals surface area contributed by atoms with Gasteiger partial charge in [0.15, 0.2) is 9.84 Å². The van der Waals surface area contributed by atoms with Gasteiger partial charge in [-0.3, -0.25) is 4.79 Å². The van der Waals surface area contributed by atoms with Gasteiger partial charge in [0.05, 0.1) is 17.3 Å². The Balaban J connectivity index is 1.47. The normalized spacial score (nSPS) is 29.0. The van der Waals surface area contributed by atoms with Crippen LogP contribution in [0.5, 0.6) is 0 Å². The first-order valence-corrected chi connectivity index (χ1v) is 11.5. The number of amides is 1. The molecule has 0 saturated carbocycles. The lowest BCUT2D eigenvalue weighted by molar-refractivity contribution is -0.130. The fourth-order valence-corrected chi connectivity index (χ4v) is 6.29. The number of aromatic nitrogens is 2. The summed E-state index contributed by atoms with van der Waals surface area (Å²) >= 11 is 1.25. The molecule has 1 aromatic rings. The summed E-state index contributed by atoms with van der Waals surface area (Å²) in [6.45, 7) is 5.98. The number of carbonyl (C=O) groups excluding carboxylic acids is 1. The summed E-state index contributed by atoms with van der Waals surface area (Å²) in [6.07, 6.45) is 2.31. The Morgan fingerprint density at radius 1 is 1.28 bits per heavy atom. The van der Waals surface area contributed by atoms with Gasteiger partial charge in [-0.15, -0.1) is 10.2 Å². The monoisotopic (exact) mass is 387 g/mol. The van der Waals surface area contributed by atoms with Crippen molar-refractivity contribution in [3.05, 3.63) is 5.89 Å². The summed E-state index contributed by atoms with van der Waals surface area (Å²) < 4.78 is 28.6. The van der Waals surface area contributed by atoms with Crippen LogP contribution in [0, 0.1) is 17.8 Å². The summed E-state index contributed by atoms with van der Waals surface area (Å²) in [6, 6.07) is 0. The third-order valence-corrected chi connectivity index (χ3v) is 7.42. The van der Waals surface area contributed by atoms with E-state index >= 15 is 0 Å². The zero-order valence-corrected chi connectivity index (χ0v) is 16.3. The van der Waals surface area contributed by atoms with Crippen molar-refractivity contribution < 1.29 is 17.6 Å². The van der Waals surface area contributed by atoms with Gasteiger partial charge in [0.2, 0.25) is 11.8 Å². The molecule has 3 heterocycles. The fraction of sp³-hybridized carbons (Fsp3) is 0.812. The lowest BCUT2D eigenvalue weighted by Gasteiger charge is -2.34. The number of rotatable bonds is 5. The second kappa shape index (κ2) is 7.65. The van der Waals surface area contributed by atoms with Crippen LogP contribution in [-0.2, 0) is 21.1 Å². The molecule has 0 radical (unpaired) electrons. The van der Waals surface area contributed by atoms with Crippen LogP contribution >= 0.6 is 11.8 Å². The molecule has 0 N–H and O–H groups in total. The van der Waals surface area contributed by atoms with Gasteiger partial charge in [-0.25, -0.2) is 8.42 Å². The van der Waals surface area contributed by atoms with Gasteiger partial charge >= 0.3 is 0 Å². The van der Waals surface area contributed by atoms with Crippen LogP contribution in [0.3, 0.4) is 0 Å². The van der Waals surface area contributed by atoms with Crippen molar-refractivity contribution in [2.45, 2.75) is 38.3 Å². The van der Waals surface area contributed by atoms with E-state index in [2.05, 4.69) is 24.0 Å². The van der Waals surface area contributed by atoms with Crippen LogP contribution in [0.1, 0.15) is 32.6 Å². The van der Waals surface area contributed by atoms with Crippen molar-refractivity contribution in [3.63, 3.8) is 0 Å². The molecule has 1 aromatic heterocycles. The first-order valence-electron chi connectivity index (χ1n) is 8.74. The molecule has 2 fully saturated rings. The number of hydrogen-bond acceptors (Lipinski definition) is 7. The predicted molar refractivity (Wildman–Crippen MR) is 95.0 cm³/mol. The molecule has 0 aliphatic carbocycles. The molecule has 2 saturated heterocycles. The number of sulfone groups is 1. The van der Waals surface area contributed by atoms with Gasteiger partial charge in [0.25, 0.3) is 5.22 Å². The van der Waals surface area contributed by atoms with Crippen LogP contribution in [0.4, 0.5) is 0 Å². The van der Waals surface area contributed by atoms with E-state index in [1.165, 1.54) is 18.2 Å². The number of piperidine rings is 1. The minimum absolute atomic E-state index is 0.0567. The largest absolute Gasteiger partial charge is 0.416 e. The van der Waals surface area contributed by atoms with Crippen LogP contribution in [-0.4, -0.2) is 59.8 Å². The highest BCUT2D eigenvalue weighted by molar-refractivity contribution is 7.99. The van der Waals surface area contributed by atoms with Crippen molar-refractivity contribution >= 4 is 27.5 Å². The van der Waals surface area contributed by atoms with Crippen LogP contribution in [0.15, 0.2) is 9.64 Å². The average Bonchev–Trinajstić information content (AvgIpc) is 3.10. The molecule has 9 heteroatoms. The van der Waals surface area contributed by atoms with Crippen molar-refractivity contribution in [3.8, 4) is 0 Å². The molecule has 0 aromatic carbocycles. The van der Waals surface area contributed by atoms with Crippen LogP contribution in [0.2, 0.25) is 0 Å². The third-order valence-electron chi connectivity index (χ3n) is 4.78. The second-order valence-electron chi connectivity index (χ2n) is 7.47. The van der Waals surface area contributed by atoms with Crippen molar-refractivity contribution in [2.75, 3.05) is 30.3 Å². The highest BCUT2D eigenvalue weighted by atomic mass is 32.2. The van der Waals surface area contributed by atoms with Crippen LogP contribution in [0.25, 0.3) is 0 Å². The Kier molecular flexibility index (Phi) is 5.72. The number of hydrogen-bond donors (Lipinski definition) is 0. The van der Waals surface area contributed by atoms with Crippen molar-refractivity contribution in [1.82, 2.24) is 15.1 Å². The Hall–Kier alpha value is -1.09. The van der Waals surface area contributed by atoms with E-state index in [9.17, 15) is 13.2 Å². The molecule has 0 unspecified atom stereocenters. The molecule has 3 atom stereocenters. The van der Waals surface area contributed by atoms with E-state index in [1.54, 1.807) is 0 Å². The maximum absolute atomic E-state index is 12.4. The topological polar surface area (TPSA) is 93.4 Å². The van der Waals surface area contributed by atoms with E-state index in [0.717, 1.165) is 13.1 Å². The standard InChI is InChI=1S/C16H25N3O4S2/c1-11-5-12(2)8-19(7-11)15(20)9-24-16-18-17-14(23-16)6-13-3-4-25(21,22)10-13/h11-13H,3-10H2,1-2H3/t11-,12-,13-/m0/s1. The molecule has 0 spiro atoms. The second-order valence-corrected chi connectivity index (χ2v) is 10.6. The van der Waals surface area contributed by atoms with Gasteiger partial charge in [-0.1, -0.05) is 25.6 Å². The van der Waals surface area contributed by atoms with E-state index in [4.69, 9.17) is 4.42 Å². The summed E-state index contributed by atoms with van der Waals surface area (Å²) in [7, 11) is -2.90. The van der Waals surface area contributed by atoms with Gasteiger partial charge in [-0.2, -0.15) is 0 Å². The number of carbonyl (C=O) groups is 1. The van der Waals surface area contributed by atoms with Gasteiger partial charge in [0.1, 0.15) is 0 Å². The number of likely N-dealkylation sites (tertiary alicyclic amines) is 1. The molecule has 3 rings (SSSR count). The average molecular weight is 388 g/mol. The van der Waals surface area contributed by atoms with E-state index in [1.807, 2.05) is 4.90 Å². The minimum atomic E-state index is -2.90. The molecule has 25 heavy (non-hydrogen) atoms. The summed E-state index contributed by atoms with van der Waals surface area (Å²) in [4.78, 5) is 14.3. The Morgan fingerprint density at radius 3 is 2.64 bits per heavy atom. The summed E-state index contributed by atoms with van der Waals surface area (Å²) in [5.41, 5.74) is 0. The van der Waals surface area contributed by atoms with Gasteiger partial charge in [0, 0.05) is 19.5 Å². The SMILES string of the molecule is C[C@H]1C[C@H](C)CN(C(=O)CSc2nnc(C[C@@H]3CCS(=O)(=O)C3)o2)C1. The van der Waals surface area contributed by atoms with Crippen molar-refractivity contribution in [2.24, 2.45) is 17.8 Å². The maximum atomic E-state index is 12.4. The van der Waals surface area contributed by atoms with Crippen molar-refractivity contribution in [1.29, 1.82) is 0 Å². The molecule has 0 bridgehead atoms. The highest BCUT2D eigenvalue weighted by Gasteiger charge is 2.29.